The van der Waals surface area contributed by atoms with Crippen LogP contribution in [0.1, 0.15) is 27.7 Å². The molecule has 3 rings (SSSR count). The average molecular weight is 210 g/mol. The van der Waals surface area contributed by atoms with Crippen LogP contribution in [0.5, 0.6) is 0 Å². The summed E-state index contributed by atoms with van der Waals surface area (Å²) in [6, 6.07) is 0. The first kappa shape index (κ1) is 10.7. The van der Waals surface area contributed by atoms with E-state index in [0.29, 0.717) is 0 Å². The van der Waals surface area contributed by atoms with Crippen LogP contribution < -0.4 is 0 Å². The van der Waals surface area contributed by atoms with E-state index in [2.05, 4.69) is 13.8 Å². The summed E-state index contributed by atoms with van der Waals surface area (Å²) in [5.74, 6) is 0.0669. The van der Waals surface area contributed by atoms with Crippen molar-refractivity contribution in [2.45, 2.75) is 39.9 Å². The molecule has 0 unspecified atom stereocenters. The molecule has 0 aromatic heterocycles. The van der Waals surface area contributed by atoms with Crippen LogP contribution in [0.15, 0.2) is 11.6 Å². The molecule has 0 spiro atoms. The molecule has 3 aliphatic rings. The van der Waals surface area contributed by atoms with E-state index >= 15 is 0 Å². The number of hydrogen-bond donors (Lipinski definition) is 1. The second-order valence-electron chi connectivity index (χ2n) is 5.30. The molecule has 0 aromatic rings. The fraction of sp³-hybridized carbons (Fsp3) is 0.750. The summed E-state index contributed by atoms with van der Waals surface area (Å²) in [5, 5.41) is 9.94. The van der Waals surface area contributed by atoms with Gasteiger partial charge in [-0.3, -0.25) is 4.79 Å². The van der Waals surface area contributed by atoms with Crippen molar-refractivity contribution in [2.24, 2.45) is 17.3 Å². The highest BCUT2D eigenvalue weighted by molar-refractivity contribution is 5.66. The first-order chi connectivity index (χ1) is 6.85. The van der Waals surface area contributed by atoms with E-state index < -0.39 is 6.10 Å². The molecule has 3 heteroatoms. The van der Waals surface area contributed by atoms with Gasteiger partial charge in [0.1, 0.15) is 6.10 Å². The van der Waals surface area contributed by atoms with Gasteiger partial charge in [0.05, 0.1) is 6.10 Å². The Morgan fingerprint density at radius 2 is 2.13 bits per heavy atom. The van der Waals surface area contributed by atoms with Crippen LogP contribution in [-0.2, 0) is 9.53 Å². The first-order valence-corrected chi connectivity index (χ1v) is 5.39. The van der Waals surface area contributed by atoms with Gasteiger partial charge in [-0.2, -0.15) is 0 Å². The summed E-state index contributed by atoms with van der Waals surface area (Å²) < 4.78 is 5.29. The molecule has 0 radical (unpaired) electrons. The number of hydrogen-bond acceptors (Lipinski definition) is 3. The van der Waals surface area contributed by atoms with Gasteiger partial charge < -0.3 is 9.84 Å². The fourth-order valence-electron chi connectivity index (χ4n) is 3.43. The van der Waals surface area contributed by atoms with Gasteiger partial charge >= 0.3 is 5.97 Å². The van der Waals surface area contributed by atoms with E-state index in [0.717, 1.165) is 5.57 Å². The second-order valence-corrected chi connectivity index (χ2v) is 5.30. The van der Waals surface area contributed by atoms with Crippen LogP contribution in [0.2, 0.25) is 0 Å². The molecule has 1 N–H and O–H groups in total. The van der Waals surface area contributed by atoms with Crippen LogP contribution in [0.25, 0.3) is 0 Å². The van der Waals surface area contributed by atoms with Gasteiger partial charge in [-0.05, 0) is 12.3 Å². The SMILES string of the molecule is CC(=O)O[C@H]1[C@@H]2[C@H](O)C=C(C)[C@H]1C2(C)C. The third kappa shape index (κ3) is 1.33. The molecule has 0 heterocycles. The first-order valence-electron chi connectivity index (χ1n) is 5.39. The van der Waals surface area contributed by atoms with Gasteiger partial charge in [0.2, 0.25) is 0 Å². The molecule has 4 atom stereocenters. The van der Waals surface area contributed by atoms with E-state index in [-0.39, 0.29) is 29.3 Å². The minimum atomic E-state index is -0.477. The van der Waals surface area contributed by atoms with Gasteiger partial charge in [0, 0.05) is 18.8 Å². The second kappa shape index (κ2) is 3.08. The van der Waals surface area contributed by atoms with Crippen molar-refractivity contribution < 1.29 is 14.6 Å². The van der Waals surface area contributed by atoms with E-state index in [4.69, 9.17) is 4.74 Å². The number of esters is 1. The quantitative estimate of drug-likeness (QED) is 0.527. The maximum Gasteiger partial charge on any atom is 0.302 e. The predicted octanol–water partition coefficient (Wildman–Crippen LogP) is 1.51. The summed E-state index contributed by atoms with van der Waals surface area (Å²) in [6.45, 7) is 7.68. The molecule has 1 saturated carbocycles. The van der Waals surface area contributed by atoms with Crippen LogP contribution in [0, 0.1) is 17.3 Å². The van der Waals surface area contributed by atoms with Gasteiger partial charge in [-0.25, -0.2) is 0 Å². The van der Waals surface area contributed by atoms with Crippen LogP contribution in [0.3, 0.4) is 0 Å². The molecular weight excluding hydrogens is 192 g/mol. The lowest BCUT2D eigenvalue weighted by molar-refractivity contribution is -0.208. The summed E-state index contributed by atoms with van der Waals surface area (Å²) >= 11 is 0. The topological polar surface area (TPSA) is 46.5 Å². The van der Waals surface area contributed by atoms with Crippen LogP contribution in [0.4, 0.5) is 0 Å². The molecule has 3 nitrogen and oxygen atoms in total. The third-order valence-electron chi connectivity index (χ3n) is 3.94. The Balaban J connectivity index is 2.27. The number of carbonyl (C=O) groups is 1. The van der Waals surface area contributed by atoms with Crippen molar-refractivity contribution in [3.8, 4) is 0 Å². The summed E-state index contributed by atoms with van der Waals surface area (Å²) in [7, 11) is 0. The third-order valence-corrected chi connectivity index (χ3v) is 3.94. The number of aliphatic hydroxyl groups excluding tert-OH is 1. The Morgan fingerprint density at radius 1 is 1.53 bits per heavy atom. The van der Waals surface area contributed by atoms with Crippen molar-refractivity contribution in [1.29, 1.82) is 0 Å². The molecule has 0 aromatic carbocycles. The minimum Gasteiger partial charge on any atom is -0.461 e. The van der Waals surface area contributed by atoms with Crippen molar-refractivity contribution in [1.82, 2.24) is 0 Å². The molecule has 1 fully saturated rings. The lowest BCUT2D eigenvalue weighted by Crippen LogP contribution is -2.65. The maximum absolute atomic E-state index is 11.0. The van der Waals surface area contributed by atoms with E-state index in [1.807, 2.05) is 13.0 Å². The monoisotopic (exact) mass is 210 g/mol. The van der Waals surface area contributed by atoms with Crippen LogP contribution in [-0.4, -0.2) is 23.3 Å². The summed E-state index contributed by atoms with van der Waals surface area (Å²) in [6.07, 6.45) is 1.28. The Bertz CT molecular complexity index is 330. The largest absolute Gasteiger partial charge is 0.461 e. The number of rotatable bonds is 1. The standard InChI is InChI=1S/C12H18O3/c1-6-5-8(14)10-11(15-7(2)13)9(6)12(10,3)4/h5,8-11,14H,1-4H3/t8-,9-,10+,11-/m1/s1. The molecule has 0 amide bonds. The number of carbonyl (C=O) groups excluding carboxylic acids is 1. The van der Waals surface area contributed by atoms with Crippen molar-refractivity contribution in [3.05, 3.63) is 11.6 Å². The van der Waals surface area contributed by atoms with Gasteiger partial charge in [-0.15, -0.1) is 0 Å². The minimum absolute atomic E-state index is 0.0400. The zero-order valence-corrected chi connectivity index (χ0v) is 9.65. The normalized spacial score (nSPS) is 41.5. The van der Waals surface area contributed by atoms with Gasteiger partial charge in [-0.1, -0.05) is 25.5 Å². The van der Waals surface area contributed by atoms with Gasteiger partial charge in [0.25, 0.3) is 0 Å². The maximum atomic E-state index is 11.0. The van der Waals surface area contributed by atoms with Gasteiger partial charge in [0.15, 0.2) is 0 Å². The fourth-order valence-corrected chi connectivity index (χ4v) is 3.43. The molecule has 0 saturated heterocycles. The highest BCUT2D eigenvalue weighted by atomic mass is 16.5. The zero-order chi connectivity index (χ0) is 11.4. The smallest absolute Gasteiger partial charge is 0.302 e. The van der Waals surface area contributed by atoms with E-state index in [9.17, 15) is 9.90 Å². The van der Waals surface area contributed by atoms with Crippen molar-refractivity contribution >= 4 is 5.97 Å². The lowest BCUT2D eigenvalue weighted by Gasteiger charge is -2.61. The van der Waals surface area contributed by atoms with E-state index in [1.54, 1.807) is 0 Å². The Morgan fingerprint density at radius 3 is 2.53 bits per heavy atom. The molecule has 2 bridgehead atoms. The van der Waals surface area contributed by atoms with Crippen LogP contribution >= 0.6 is 0 Å². The molecule has 0 aliphatic heterocycles. The molecule has 84 valence electrons. The predicted molar refractivity (Wildman–Crippen MR) is 56.1 cm³/mol. The highest BCUT2D eigenvalue weighted by Gasteiger charge is 2.63. The number of fused-ring (bicyclic) bond motifs is 1. The lowest BCUT2D eigenvalue weighted by atomic mass is 9.46. The van der Waals surface area contributed by atoms with Crippen molar-refractivity contribution in [2.75, 3.05) is 0 Å². The molecule has 15 heavy (non-hydrogen) atoms. The zero-order valence-electron chi connectivity index (χ0n) is 9.65. The van der Waals surface area contributed by atoms with Crippen molar-refractivity contribution in [3.63, 3.8) is 0 Å². The summed E-state index contributed by atoms with van der Waals surface area (Å²) in [5.41, 5.74) is 1.18. The summed E-state index contributed by atoms with van der Waals surface area (Å²) in [4.78, 5) is 11.0. The highest BCUT2D eigenvalue weighted by Crippen LogP contribution is 2.60. The Labute approximate surface area is 90.1 Å². The number of ether oxygens (including phenoxy) is 1. The average Bonchev–Trinajstić information content (AvgIpc) is 1.98. The molecule has 3 aliphatic carbocycles. The Hall–Kier alpha value is -0.830. The van der Waals surface area contributed by atoms with E-state index in [1.165, 1.54) is 6.92 Å². The molecular formula is C12H18O3. The Kier molecular flexibility index (Phi) is 2.19. The number of aliphatic hydroxyl groups is 1.